The van der Waals surface area contributed by atoms with Gasteiger partial charge in [0.25, 0.3) is 0 Å². The third-order valence-corrected chi connectivity index (χ3v) is 1.31. The van der Waals surface area contributed by atoms with Crippen LogP contribution in [0.2, 0.25) is 0 Å². The first-order chi connectivity index (χ1) is 5.70. The van der Waals surface area contributed by atoms with Gasteiger partial charge in [-0.2, -0.15) is 0 Å². The molecule has 0 amide bonds. The van der Waals surface area contributed by atoms with Crippen LogP contribution < -0.4 is 0 Å². The number of hydrogen-bond acceptors (Lipinski definition) is 2. The molecule has 12 heavy (non-hydrogen) atoms. The Morgan fingerprint density at radius 3 is 2.42 bits per heavy atom. The first-order valence-corrected chi connectivity index (χ1v) is 3.35. The molecule has 0 unspecified atom stereocenters. The van der Waals surface area contributed by atoms with Crippen LogP contribution in [0, 0.1) is 0 Å². The summed E-state index contributed by atoms with van der Waals surface area (Å²) < 4.78 is 4.36. The van der Waals surface area contributed by atoms with E-state index >= 15 is 0 Å². The van der Waals surface area contributed by atoms with Crippen LogP contribution >= 0.6 is 0 Å². The standard InChI is InChI=1S/C9H8O3/c1-7(12-9(10)11)8-5-3-2-4-6-8/h2-6H,1H2,(H,10,11). The maximum absolute atomic E-state index is 10.1. The summed E-state index contributed by atoms with van der Waals surface area (Å²) in [6.45, 7) is 3.46. The van der Waals surface area contributed by atoms with E-state index in [2.05, 4.69) is 11.3 Å². The predicted octanol–water partition coefficient (Wildman–Crippen LogP) is 2.35. The first-order valence-electron chi connectivity index (χ1n) is 3.35. The van der Waals surface area contributed by atoms with Crippen LogP contribution in [0.3, 0.4) is 0 Å². The summed E-state index contributed by atoms with van der Waals surface area (Å²) in [7, 11) is 0. The molecule has 0 saturated carbocycles. The number of benzene rings is 1. The second-order valence-corrected chi connectivity index (χ2v) is 2.16. The molecular weight excluding hydrogens is 156 g/mol. The highest BCUT2D eigenvalue weighted by molar-refractivity contribution is 5.70. The Kier molecular flexibility index (Phi) is 2.48. The van der Waals surface area contributed by atoms with Crippen molar-refractivity contribution in [2.45, 2.75) is 0 Å². The van der Waals surface area contributed by atoms with E-state index in [1.165, 1.54) is 0 Å². The number of hydrogen-bond donors (Lipinski definition) is 1. The van der Waals surface area contributed by atoms with Crippen molar-refractivity contribution in [2.75, 3.05) is 0 Å². The van der Waals surface area contributed by atoms with Gasteiger partial charge in [-0.3, -0.25) is 0 Å². The minimum Gasteiger partial charge on any atom is -0.449 e. The molecule has 1 aromatic carbocycles. The molecule has 1 aromatic rings. The first kappa shape index (κ1) is 8.33. The molecule has 0 bridgehead atoms. The molecule has 0 aliphatic rings. The molecule has 1 rings (SSSR count). The molecule has 0 radical (unpaired) electrons. The predicted molar refractivity (Wildman–Crippen MR) is 44.6 cm³/mol. The van der Waals surface area contributed by atoms with E-state index in [-0.39, 0.29) is 5.76 Å². The van der Waals surface area contributed by atoms with Crippen LogP contribution in [-0.2, 0) is 4.74 Å². The molecule has 0 saturated heterocycles. The molecule has 3 heteroatoms. The van der Waals surface area contributed by atoms with Crippen molar-refractivity contribution in [3.63, 3.8) is 0 Å². The van der Waals surface area contributed by atoms with E-state index in [0.717, 1.165) is 0 Å². The summed E-state index contributed by atoms with van der Waals surface area (Å²) in [5, 5.41) is 8.26. The van der Waals surface area contributed by atoms with Crippen LogP contribution in [-0.4, -0.2) is 11.3 Å². The lowest BCUT2D eigenvalue weighted by atomic mass is 10.2. The van der Waals surface area contributed by atoms with Gasteiger partial charge in [-0.1, -0.05) is 36.9 Å². The minimum atomic E-state index is -1.34. The molecule has 0 aliphatic carbocycles. The van der Waals surface area contributed by atoms with E-state index in [1.807, 2.05) is 6.07 Å². The normalized spacial score (nSPS) is 9.00. The maximum atomic E-state index is 10.1. The van der Waals surface area contributed by atoms with E-state index < -0.39 is 6.16 Å². The van der Waals surface area contributed by atoms with Crippen LogP contribution in [0.25, 0.3) is 5.76 Å². The second-order valence-electron chi connectivity index (χ2n) is 2.16. The highest BCUT2D eigenvalue weighted by atomic mass is 16.7. The molecule has 62 valence electrons. The van der Waals surface area contributed by atoms with E-state index in [0.29, 0.717) is 5.56 Å². The van der Waals surface area contributed by atoms with Crippen molar-refractivity contribution >= 4 is 11.9 Å². The zero-order valence-electron chi connectivity index (χ0n) is 6.36. The van der Waals surface area contributed by atoms with Crippen molar-refractivity contribution in [3.8, 4) is 0 Å². The summed E-state index contributed by atoms with van der Waals surface area (Å²) in [5.74, 6) is 0.142. The monoisotopic (exact) mass is 164 g/mol. The van der Waals surface area contributed by atoms with Crippen LogP contribution in [0.1, 0.15) is 5.56 Å². The van der Waals surface area contributed by atoms with Crippen molar-refractivity contribution in [1.82, 2.24) is 0 Å². The number of carbonyl (C=O) groups is 1. The van der Waals surface area contributed by atoms with Gasteiger partial charge in [-0.15, -0.1) is 0 Å². The van der Waals surface area contributed by atoms with Gasteiger partial charge in [0.2, 0.25) is 0 Å². The summed E-state index contributed by atoms with van der Waals surface area (Å²) in [6, 6.07) is 8.85. The number of ether oxygens (including phenoxy) is 1. The fraction of sp³-hybridized carbons (Fsp3) is 0. The van der Waals surface area contributed by atoms with Crippen LogP contribution in [0.4, 0.5) is 4.79 Å². The van der Waals surface area contributed by atoms with Gasteiger partial charge in [-0.25, -0.2) is 4.79 Å². The Morgan fingerprint density at radius 2 is 1.92 bits per heavy atom. The maximum Gasteiger partial charge on any atom is 0.511 e. The molecule has 0 spiro atoms. The second kappa shape index (κ2) is 3.57. The van der Waals surface area contributed by atoms with Crippen molar-refractivity contribution in [2.24, 2.45) is 0 Å². The van der Waals surface area contributed by atoms with Gasteiger partial charge in [0.15, 0.2) is 0 Å². The third-order valence-electron chi connectivity index (χ3n) is 1.31. The van der Waals surface area contributed by atoms with Crippen molar-refractivity contribution in [3.05, 3.63) is 42.5 Å². The van der Waals surface area contributed by atoms with Gasteiger partial charge in [-0.05, 0) is 0 Å². The van der Waals surface area contributed by atoms with Gasteiger partial charge in [0.1, 0.15) is 5.76 Å². The summed E-state index contributed by atoms with van der Waals surface area (Å²) in [5.41, 5.74) is 0.667. The van der Waals surface area contributed by atoms with Crippen LogP contribution in [0.15, 0.2) is 36.9 Å². The largest absolute Gasteiger partial charge is 0.511 e. The number of carboxylic acid groups (broad SMARTS) is 1. The summed E-state index contributed by atoms with van der Waals surface area (Å²) >= 11 is 0. The Labute approximate surface area is 69.9 Å². The van der Waals surface area contributed by atoms with Gasteiger partial charge < -0.3 is 9.84 Å². The molecule has 0 aliphatic heterocycles. The molecule has 1 N–H and O–H groups in total. The van der Waals surface area contributed by atoms with Crippen molar-refractivity contribution in [1.29, 1.82) is 0 Å². The third kappa shape index (κ3) is 2.12. The Bertz CT molecular complexity index is 290. The molecular formula is C9H8O3. The Balaban J connectivity index is 2.73. The average Bonchev–Trinajstić information content (AvgIpc) is 2.05. The lowest BCUT2D eigenvalue weighted by molar-refractivity contribution is 0.135. The zero-order chi connectivity index (χ0) is 8.97. The van der Waals surface area contributed by atoms with Crippen LogP contribution in [0.5, 0.6) is 0 Å². The molecule has 0 aromatic heterocycles. The Morgan fingerprint density at radius 1 is 1.33 bits per heavy atom. The highest BCUT2D eigenvalue weighted by Crippen LogP contribution is 2.12. The average molecular weight is 164 g/mol. The van der Waals surface area contributed by atoms with E-state index in [1.54, 1.807) is 24.3 Å². The molecule has 3 nitrogen and oxygen atoms in total. The van der Waals surface area contributed by atoms with Gasteiger partial charge in [0.05, 0.1) is 0 Å². The summed E-state index contributed by atoms with van der Waals surface area (Å²) in [6.07, 6.45) is -1.34. The zero-order valence-corrected chi connectivity index (χ0v) is 6.36. The fourth-order valence-corrected chi connectivity index (χ4v) is 0.788. The smallest absolute Gasteiger partial charge is 0.449 e. The van der Waals surface area contributed by atoms with Gasteiger partial charge in [0, 0.05) is 5.56 Å². The molecule has 0 heterocycles. The Hall–Kier alpha value is -1.77. The number of rotatable bonds is 2. The molecule has 0 fully saturated rings. The minimum absolute atomic E-state index is 0.142. The van der Waals surface area contributed by atoms with E-state index in [9.17, 15) is 4.79 Å². The highest BCUT2D eigenvalue weighted by Gasteiger charge is 2.02. The molecule has 0 atom stereocenters. The summed E-state index contributed by atoms with van der Waals surface area (Å²) in [4.78, 5) is 10.1. The van der Waals surface area contributed by atoms with Gasteiger partial charge >= 0.3 is 6.16 Å². The lowest BCUT2D eigenvalue weighted by Crippen LogP contribution is -1.98. The quantitative estimate of drug-likeness (QED) is 0.539. The fourth-order valence-electron chi connectivity index (χ4n) is 0.788. The SMILES string of the molecule is C=C(OC(=O)O)c1ccccc1. The van der Waals surface area contributed by atoms with Crippen molar-refractivity contribution < 1.29 is 14.6 Å². The topological polar surface area (TPSA) is 46.5 Å². The van der Waals surface area contributed by atoms with E-state index in [4.69, 9.17) is 5.11 Å². The lowest BCUT2D eigenvalue weighted by Gasteiger charge is -2.02.